The van der Waals surface area contributed by atoms with Crippen molar-refractivity contribution in [3.05, 3.63) is 123 Å². The van der Waals surface area contributed by atoms with Gasteiger partial charge in [0.25, 0.3) is 0 Å². The summed E-state index contributed by atoms with van der Waals surface area (Å²) in [6.07, 6.45) is 6.19. The lowest BCUT2D eigenvalue weighted by atomic mass is 9.99. The third kappa shape index (κ3) is 13.7. The molecule has 1 aliphatic rings. The fourth-order valence-electron chi connectivity index (χ4n) is 6.00. The molecule has 0 aliphatic carbocycles. The van der Waals surface area contributed by atoms with Crippen molar-refractivity contribution < 1.29 is 19.1 Å². The third-order valence-electron chi connectivity index (χ3n) is 9.01. The fourth-order valence-corrected chi connectivity index (χ4v) is 7.34. The zero-order chi connectivity index (χ0) is 38.1. The minimum absolute atomic E-state index is 0.208. The molecule has 5 rings (SSSR count). The first-order chi connectivity index (χ1) is 26.2. The Morgan fingerprint density at radius 1 is 1.04 bits per heavy atom. The van der Waals surface area contributed by atoms with Crippen molar-refractivity contribution in [3.8, 4) is 0 Å². The maximum absolute atomic E-state index is 14.3. The first-order valence-corrected chi connectivity index (χ1v) is 20.3. The average Bonchev–Trinajstić information content (AvgIpc) is 3.89. The number of urea groups is 1. The topological polar surface area (TPSA) is 121 Å². The molecule has 13 heteroatoms. The maximum Gasteiger partial charge on any atom is 0.318 e. The van der Waals surface area contributed by atoms with Crippen LogP contribution in [0.5, 0.6) is 0 Å². The summed E-state index contributed by atoms with van der Waals surface area (Å²) in [6.45, 7) is 12.6. The summed E-state index contributed by atoms with van der Waals surface area (Å²) in [5, 5.41) is 12.8. The Morgan fingerprint density at radius 3 is 2.46 bits per heavy atom. The van der Waals surface area contributed by atoms with Crippen molar-refractivity contribution in [2.45, 2.75) is 70.7 Å². The number of amides is 3. The van der Waals surface area contributed by atoms with Crippen LogP contribution in [0.15, 0.2) is 95.9 Å². The van der Waals surface area contributed by atoms with E-state index in [2.05, 4.69) is 64.5 Å². The van der Waals surface area contributed by atoms with E-state index >= 15 is 0 Å². The van der Waals surface area contributed by atoms with Crippen LogP contribution >= 0.6 is 22.7 Å². The van der Waals surface area contributed by atoms with Crippen LogP contribution in [0.1, 0.15) is 65.7 Å². The van der Waals surface area contributed by atoms with Crippen LogP contribution in [0, 0.1) is 0 Å². The Kier molecular flexibility index (Phi) is 16.1. The van der Waals surface area contributed by atoms with Crippen molar-refractivity contribution >= 4 is 40.7 Å². The van der Waals surface area contributed by atoms with Crippen LogP contribution in [0.25, 0.3) is 6.08 Å². The molecule has 2 atom stereocenters. The number of thiazole rings is 2. The molecule has 2 aromatic carbocycles. The number of aromatic nitrogens is 2. The van der Waals surface area contributed by atoms with Crippen LogP contribution < -0.4 is 16.0 Å². The van der Waals surface area contributed by atoms with Crippen molar-refractivity contribution in [2.75, 3.05) is 39.9 Å². The molecule has 54 heavy (non-hydrogen) atoms. The fraction of sp³-hybridized carbons (Fsp3) is 0.415. The number of morpholine rings is 1. The minimum Gasteiger partial charge on any atom is -0.474 e. The highest BCUT2D eigenvalue weighted by molar-refractivity contribution is 7.09. The highest BCUT2D eigenvalue weighted by Gasteiger charge is 2.26. The second kappa shape index (κ2) is 21.4. The van der Waals surface area contributed by atoms with Gasteiger partial charge < -0.3 is 30.3 Å². The van der Waals surface area contributed by atoms with Gasteiger partial charge in [0, 0.05) is 55.9 Å². The average molecular weight is 772 g/mol. The van der Waals surface area contributed by atoms with Crippen molar-refractivity contribution in [1.29, 1.82) is 0 Å². The quantitative estimate of drug-likeness (QED) is 0.0842. The lowest BCUT2D eigenvalue weighted by Crippen LogP contribution is -2.53. The lowest BCUT2D eigenvalue weighted by Gasteiger charge is -2.30. The molecule has 3 heterocycles. The number of carbonyl (C=O) groups is 2. The molecule has 1 aliphatic heterocycles. The van der Waals surface area contributed by atoms with Gasteiger partial charge in [-0.3, -0.25) is 14.7 Å². The smallest absolute Gasteiger partial charge is 0.318 e. The van der Waals surface area contributed by atoms with Gasteiger partial charge in [-0.2, -0.15) is 0 Å². The summed E-state index contributed by atoms with van der Waals surface area (Å²) in [5.74, 6) is 0.546. The predicted molar refractivity (Wildman–Crippen MR) is 217 cm³/mol. The second-order valence-electron chi connectivity index (χ2n) is 13.8. The van der Waals surface area contributed by atoms with E-state index in [0.717, 1.165) is 45.5 Å². The van der Waals surface area contributed by atoms with E-state index < -0.39 is 6.04 Å². The first-order valence-electron chi connectivity index (χ1n) is 18.5. The Morgan fingerprint density at radius 2 is 1.78 bits per heavy atom. The molecule has 0 radical (unpaired) electrons. The van der Waals surface area contributed by atoms with Crippen LogP contribution in [-0.2, 0) is 33.8 Å². The van der Waals surface area contributed by atoms with Gasteiger partial charge in [-0.15, -0.1) is 22.7 Å². The molecular formula is C41H53N7O4S2. The summed E-state index contributed by atoms with van der Waals surface area (Å²) in [6, 6.07) is 18.9. The van der Waals surface area contributed by atoms with E-state index in [1.54, 1.807) is 35.0 Å². The van der Waals surface area contributed by atoms with E-state index in [-0.39, 0.29) is 18.0 Å². The predicted octanol–water partition coefficient (Wildman–Crippen LogP) is 6.78. The number of hydrogen-bond donors (Lipinski definition) is 3. The molecule has 0 saturated carbocycles. The van der Waals surface area contributed by atoms with Crippen LogP contribution in [0.4, 0.5) is 4.79 Å². The highest BCUT2D eigenvalue weighted by Crippen LogP contribution is 2.20. The number of allylic oxidation sites excluding steroid dienone is 1. The summed E-state index contributed by atoms with van der Waals surface area (Å²) in [5.41, 5.74) is 5.66. The Hall–Kier alpha value is -4.56. The standard InChI is InChI=1S/C41H53N7O4S2/c1-30(2)40-45-36(28-53-40)26-47(4)41(50)46-38(17-18-48-19-21-51-22-20-48)39(49)44-35(24-33-13-9-6-10-14-33)16-15-34(23-32-11-7-5-8-12-32)43-31(3)52-27-37-25-42-29-54-37/h5-14,23,25,28-30,35,38,43H,3,15-22,24,26-27H2,1-2,4H3,(H,44,49)(H,46,50)/b34-23+/t35-,38+/m1/s1. The molecule has 2 aromatic heterocycles. The molecule has 0 bridgehead atoms. The number of ether oxygens (including phenoxy) is 2. The van der Waals surface area contributed by atoms with Gasteiger partial charge in [-0.1, -0.05) is 74.5 Å². The molecular weight excluding hydrogens is 719 g/mol. The van der Waals surface area contributed by atoms with E-state index in [4.69, 9.17) is 14.5 Å². The van der Waals surface area contributed by atoms with Gasteiger partial charge in [0.2, 0.25) is 5.91 Å². The Balaban J connectivity index is 1.29. The summed E-state index contributed by atoms with van der Waals surface area (Å²) in [7, 11) is 1.74. The monoisotopic (exact) mass is 771 g/mol. The number of carbonyl (C=O) groups excluding carboxylic acids is 2. The molecule has 0 unspecified atom stereocenters. The van der Waals surface area contributed by atoms with E-state index in [1.165, 1.54) is 11.3 Å². The van der Waals surface area contributed by atoms with E-state index in [0.29, 0.717) is 70.4 Å². The molecule has 11 nitrogen and oxygen atoms in total. The third-order valence-corrected chi connectivity index (χ3v) is 11.0. The van der Waals surface area contributed by atoms with Crippen molar-refractivity contribution in [1.82, 2.24) is 35.7 Å². The molecule has 3 amide bonds. The van der Waals surface area contributed by atoms with Crippen LogP contribution in [-0.4, -0.2) is 83.7 Å². The number of nitrogens with one attached hydrogen (secondary N) is 3. The van der Waals surface area contributed by atoms with Crippen molar-refractivity contribution in [3.63, 3.8) is 0 Å². The zero-order valence-electron chi connectivity index (χ0n) is 31.5. The number of nitrogens with zero attached hydrogens (tertiary/aromatic N) is 4. The molecule has 0 spiro atoms. The van der Waals surface area contributed by atoms with Gasteiger partial charge in [-0.05, 0) is 49.5 Å². The van der Waals surface area contributed by atoms with Gasteiger partial charge >= 0.3 is 6.03 Å². The molecule has 4 aromatic rings. The zero-order valence-corrected chi connectivity index (χ0v) is 33.2. The summed E-state index contributed by atoms with van der Waals surface area (Å²) < 4.78 is 11.5. The van der Waals surface area contributed by atoms with Gasteiger partial charge in [0.1, 0.15) is 12.6 Å². The largest absolute Gasteiger partial charge is 0.474 e. The summed E-state index contributed by atoms with van der Waals surface area (Å²) >= 11 is 3.13. The minimum atomic E-state index is -0.736. The summed E-state index contributed by atoms with van der Waals surface area (Å²) in [4.78, 5) is 41.5. The van der Waals surface area contributed by atoms with Crippen molar-refractivity contribution in [2.24, 2.45) is 0 Å². The van der Waals surface area contributed by atoms with Gasteiger partial charge in [-0.25, -0.2) is 9.78 Å². The number of benzene rings is 2. The SMILES string of the molecule is C=C(N/C(=C/c1ccccc1)CC[C@H](Cc1ccccc1)NC(=O)[C@H](CCN1CCOCC1)NC(=O)N(C)Cc1csc(C(C)C)n1)OCc1cncs1. The molecule has 1 saturated heterocycles. The lowest BCUT2D eigenvalue weighted by molar-refractivity contribution is -0.124. The first kappa shape index (κ1) is 40.6. The highest BCUT2D eigenvalue weighted by atomic mass is 32.1. The molecule has 288 valence electrons. The Labute approximate surface area is 327 Å². The normalized spacial score (nSPS) is 14.6. The van der Waals surface area contributed by atoms with Gasteiger partial charge in [0.15, 0.2) is 5.88 Å². The number of hydrogen-bond acceptors (Lipinski definition) is 10. The second-order valence-corrected chi connectivity index (χ2v) is 15.6. The molecule has 1 fully saturated rings. The van der Waals surface area contributed by atoms with Gasteiger partial charge in [0.05, 0.1) is 40.8 Å². The van der Waals surface area contributed by atoms with Crippen LogP contribution in [0.3, 0.4) is 0 Å². The number of rotatable bonds is 20. The van der Waals surface area contributed by atoms with E-state index in [9.17, 15) is 9.59 Å². The molecule has 3 N–H and O–H groups in total. The Bertz CT molecular complexity index is 1760. The van der Waals surface area contributed by atoms with Crippen LogP contribution in [0.2, 0.25) is 0 Å². The van der Waals surface area contributed by atoms with E-state index in [1.807, 2.05) is 53.9 Å². The maximum atomic E-state index is 14.3.